The van der Waals surface area contributed by atoms with E-state index in [1.165, 1.54) is 39.2 Å². The van der Waals surface area contributed by atoms with Crippen molar-refractivity contribution in [3.63, 3.8) is 0 Å². The molecule has 2 aliphatic rings. The molecule has 0 bridgehead atoms. The van der Waals surface area contributed by atoms with E-state index in [0.29, 0.717) is 0 Å². The van der Waals surface area contributed by atoms with Crippen molar-refractivity contribution in [2.45, 2.75) is 59.8 Å². The summed E-state index contributed by atoms with van der Waals surface area (Å²) in [6.07, 6.45) is 6.91. The number of aliphatic imine (C=N–C) groups is 1. The molecule has 2 heteroatoms. The number of fused-ring (bicyclic) bond motifs is 1. The van der Waals surface area contributed by atoms with Gasteiger partial charge in [-0.15, -0.1) is 0 Å². The minimum Gasteiger partial charge on any atom is -0.333 e. The van der Waals surface area contributed by atoms with Crippen LogP contribution in [0.25, 0.3) is 0 Å². The Balaban J connectivity index is 0.000000581. The van der Waals surface area contributed by atoms with E-state index < -0.39 is 0 Å². The van der Waals surface area contributed by atoms with E-state index in [1.54, 1.807) is 5.71 Å². The quantitative estimate of drug-likeness (QED) is 0.798. The maximum absolute atomic E-state index is 4.78. The summed E-state index contributed by atoms with van der Waals surface area (Å²) in [4.78, 5) is 4.78. The van der Waals surface area contributed by atoms with E-state index in [0.717, 1.165) is 24.3 Å². The highest BCUT2D eigenvalue weighted by Gasteiger charge is 2.37. The van der Waals surface area contributed by atoms with Gasteiger partial charge in [-0.3, -0.25) is 4.99 Å². The Labute approximate surface area is 108 Å². The van der Waals surface area contributed by atoms with Crippen LogP contribution in [-0.2, 0) is 0 Å². The minimum absolute atomic E-state index is 0.799. The van der Waals surface area contributed by atoms with E-state index in [9.17, 15) is 0 Å². The zero-order valence-electron chi connectivity index (χ0n) is 12.5. The Morgan fingerprint density at radius 1 is 1.18 bits per heavy atom. The molecule has 2 unspecified atom stereocenters. The van der Waals surface area contributed by atoms with Gasteiger partial charge in [-0.05, 0) is 44.6 Å². The van der Waals surface area contributed by atoms with Crippen LogP contribution in [-0.4, -0.2) is 19.3 Å². The summed E-state index contributed by atoms with van der Waals surface area (Å²) in [5.41, 5.74) is 6.09. The highest BCUT2D eigenvalue weighted by atomic mass is 14.8. The van der Waals surface area contributed by atoms with E-state index in [4.69, 9.17) is 4.99 Å². The van der Waals surface area contributed by atoms with Crippen molar-refractivity contribution in [3.8, 4) is 0 Å². The fourth-order valence-electron chi connectivity index (χ4n) is 3.12. The molecule has 1 heterocycles. The summed E-state index contributed by atoms with van der Waals surface area (Å²) in [6.45, 7) is 9.76. The largest absolute Gasteiger partial charge is 0.333 e. The summed E-state index contributed by atoms with van der Waals surface area (Å²) in [5.74, 6) is 2.63. The third-order valence-corrected chi connectivity index (χ3v) is 3.95. The van der Waals surface area contributed by atoms with Crippen LogP contribution in [0.15, 0.2) is 4.99 Å². The SMILES string of the molecule is CC.CCC(CC)C1=NCC2CCCC12.CN. The molecule has 0 saturated heterocycles. The van der Waals surface area contributed by atoms with Gasteiger partial charge in [0.1, 0.15) is 0 Å². The van der Waals surface area contributed by atoms with Crippen molar-refractivity contribution in [2.24, 2.45) is 28.5 Å². The van der Waals surface area contributed by atoms with Gasteiger partial charge in [0, 0.05) is 18.2 Å². The van der Waals surface area contributed by atoms with Crippen LogP contribution < -0.4 is 5.73 Å². The van der Waals surface area contributed by atoms with Crippen LogP contribution in [0.5, 0.6) is 0 Å². The molecule has 2 nitrogen and oxygen atoms in total. The van der Waals surface area contributed by atoms with Gasteiger partial charge in [0.25, 0.3) is 0 Å². The second-order valence-corrected chi connectivity index (χ2v) is 4.58. The molecule has 2 atom stereocenters. The number of nitrogens with zero attached hydrogens (tertiary/aromatic N) is 1. The van der Waals surface area contributed by atoms with E-state index in [2.05, 4.69) is 19.6 Å². The zero-order valence-corrected chi connectivity index (χ0v) is 12.5. The molecule has 102 valence electrons. The minimum atomic E-state index is 0.799. The normalized spacial score (nSPS) is 25.5. The molecule has 1 saturated carbocycles. The first-order valence-electron chi connectivity index (χ1n) is 7.48. The first-order chi connectivity index (χ1) is 8.36. The van der Waals surface area contributed by atoms with Crippen LogP contribution in [0, 0.1) is 17.8 Å². The Bertz CT molecular complexity index is 207. The molecule has 2 N–H and O–H groups in total. The monoisotopic (exact) mass is 240 g/mol. The van der Waals surface area contributed by atoms with Crippen LogP contribution in [0.3, 0.4) is 0 Å². The standard InChI is InChI=1S/C12H21N.C2H6.CH5N/c1-3-9(4-2)12-11-7-5-6-10(11)8-13-12;2*1-2/h9-11H,3-8H2,1-2H3;1-2H3;2H2,1H3. The molecule has 0 aromatic heterocycles. The Kier molecular flexibility index (Phi) is 9.43. The Hall–Kier alpha value is -0.370. The van der Waals surface area contributed by atoms with Gasteiger partial charge >= 0.3 is 0 Å². The first-order valence-corrected chi connectivity index (χ1v) is 7.48. The third-order valence-electron chi connectivity index (χ3n) is 3.95. The summed E-state index contributed by atoms with van der Waals surface area (Å²) >= 11 is 0. The summed E-state index contributed by atoms with van der Waals surface area (Å²) < 4.78 is 0. The molecule has 17 heavy (non-hydrogen) atoms. The fraction of sp³-hybridized carbons (Fsp3) is 0.933. The molecule has 1 fully saturated rings. The number of nitrogens with two attached hydrogens (primary N) is 1. The van der Waals surface area contributed by atoms with Gasteiger partial charge in [-0.1, -0.05) is 34.1 Å². The van der Waals surface area contributed by atoms with E-state index in [1.807, 2.05) is 13.8 Å². The maximum atomic E-state index is 4.78. The fourth-order valence-corrected chi connectivity index (χ4v) is 3.12. The predicted octanol–water partition coefficient (Wildman–Crippen LogP) is 3.89. The molecular weight excluding hydrogens is 208 g/mol. The maximum Gasteiger partial charge on any atom is 0.0423 e. The van der Waals surface area contributed by atoms with Gasteiger partial charge in [0.2, 0.25) is 0 Å². The van der Waals surface area contributed by atoms with E-state index in [-0.39, 0.29) is 0 Å². The lowest BCUT2D eigenvalue weighted by atomic mass is 9.85. The van der Waals surface area contributed by atoms with Crippen LogP contribution in [0.4, 0.5) is 0 Å². The van der Waals surface area contributed by atoms with E-state index >= 15 is 0 Å². The molecule has 2 rings (SSSR count). The highest BCUT2D eigenvalue weighted by molar-refractivity contribution is 5.91. The van der Waals surface area contributed by atoms with Gasteiger partial charge in [-0.2, -0.15) is 0 Å². The Morgan fingerprint density at radius 2 is 1.76 bits per heavy atom. The number of rotatable bonds is 3. The van der Waals surface area contributed by atoms with Crippen LogP contribution in [0.1, 0.15) is 59.8 Å². The molecule has 0 aromatic rings. The predicted molar refractivity (Wildman–Crippen MR) is 78.7 cm³/mol. The molecule has 0 amide bonds. The lowest BCUT2D eigenvalue weighted by Crippen LogP contribution is -2.21. The first kappa shape index (κ1) is 16.6. The van der Waals surface area contributed by atoms with Gasteiger partial charge in [0.05, 0.1) is 0 Å². The molecule has 0 radical (unpaired) electrons. The number of hydrogen-bond acceptors (Lipinski definition) is 2. The second-order valence-electron chi connectivity index (χ2n) is 4.58. The molecular formula is C15H32N2. The topological polar surface area (TPSA) is 38.4 Å². The summed E-state index contributed by atoms with van der Waals surface area (Å²) in [6, 6.07) is 0. The van der Waals surface area contributed by atoms with Crippen molar-refractivity contribution < 1.29 is 0 Å². The number of hydrogen-bond donors (Lipinski definition) is 1. The van der Waals surface area contributed by atoms with Crippen molar-refractivity contribution in [1.82, 2.24) is 0 Å². The van der Waals surface area contributed by atoms with Gasteiger partial charge in [0.15, 0.2) is 0 Å². The van der Waals surface area contributed by atoms with Crippen molar-refractivity contribution >= 4 is 5.71 Å². The Morgan fingerprint density at radius 3 is 2.29 bits per heavy atom. The van der Waals surface area contributed by atoms with Crippen LogP contribution in [0.2, 0.25) is 0 Å². The smallest absolute Gasteiger partial charge is 0.0423 e. The lowest BCUT2D eigenvalue weighted by Gasteiger charge is -2.19. The average Bonchev–Trinajstić information content (AvgIpc) is 3.00. The third kappa shape index (κ3) is 4.09. The van der Waals surface area contributed by atoms with Crippen molar-refractivity contribution in [2.75, 3.05) is 13.6 Å². The molecule has 1 aliphatic heterocycles. The van der Waals surface area contributed by atoms with Crippen molar-refractivity contribution in [3.05, 3.63) is 0 Å². The van der Waals surface area contributed by atoms with Gasteiger partial charge in [-0.25, -0.2) is 0 Å². The highest BCUT2D eigenvalue weighted by Crippen LogP contribution is 2.39. The zero-order chi connectivity index (χ0) is 13.3. The average molecular weight is 240 g/mol. The van der Waals surface area contributed by atoms with Crippen LogP contribution >= 0.6 is 0 Å². The molecule has 0 aromatic carbocycles. The molecule has 0 spiro atoms. The molecule has 1 aliphatic carbocycles. The van der Waals surface area contributed by atoms with Crippen molar-refractivity contribution in [1.29, 1.82) is 0 Å². The summed E-state index contributed by atoms with van der Waals surface area (Å²) in [5, 5.41) is 0. The summed E-state index contributed by atoms with van der Waals surface area (Å²) in [7, 11) is 1.50. The van der Waals surface area contributed by atoms with Gasteiger partial charge < -0.3 is 5.73 Å². The lowest BCUT2D eigenvalue weighted by molar-refractivity contribution is 0.510. The second kappa shape index (κ2) is 9.64.